The van der Waals surface area contributed by atoms with Gasteiger partial charge in [-0.3, -0.25) is 4.57 Å². The largest absolute Gasteiger partial charge is 0.381 e. The Balaban J connectivity index is 2.46. The van der Waals surface area contributed by atoms with Crippen LogP contribution in [0.4, 0.5) is 5.82 Å². The van der Waals surface area contributed by atoms with Gasteiger partial charge < -0.3 is 10.1 Å². The highest BCUT2D eigenvalue weighted by molar-refractivity contribution is 9.11. The summed E-state index contributed by atoms with van der Waals surface area (Å²) in [6.45, 7) is 0. The van der Waals surface area contributed by atoms with E-state index in [1.54, 1.807) is 12.3 Å². The molecule has 16 heavy (non-hydrogen) atoms. The van der Waals surface area contributed by atoms with Crippen LogP contribution in [-0.4, -0.2) is 19.5 Å². The molecule has 0 spiro atoms. The first-order valence-corrected chi connectivity index (χ1v) is 5.66. The summed E-state index contributed by atoms with van der Waals surface area (Å²) in [7, 11) is 0. The van der Waals surface area contributed by atoms with E-state index in [0.717, 1.165) is 4.47 Å². The van der Waals surface area contributed by atoms with Crippen LogP contribution in [0.1, 0.15) is 0 Å². The monoisotopic (exact) mass is 346 g/mol. The minimum atomic E-state index is -0.552. The molecule has 8 heteroatoms. The van der Waals surface area contributed by atoms with Crippen molar-refractivity contribution in [1.82, 2.24) is 14.5 Å². The summed E-state index contributed by atoms with van der Waals surface area (Å²) in [5.41, 5.74) is 0. The number of aromatic nitrogens is 3. The Hall–Kier alpha value is -1.28. The van der Waals surface area contributed by atoms with E-state index in [1.807, 2.05) is 0 Å². The fraction of sp³-hybridized carbons (Fsp3) is 0. The van der Waals surface area contributed by atoms with Crippen molar-refractivity contribution in [3.8, 4) is 5.82 Å². The van der Waals surface area contributed by atoms with Crippen LogP contribution in [0.2, 0.25) is 0 Å². The molecule has 0 aliphatic rings. The number of nitrogens with zero attached hydrogens (tertiary/aromatic N) is 4. The topological polar surface area (TPSA) is 73.8 Å². The summed E-state index contributed by atoms with van der Waals surface area (Å²) in [6, 6.07) is 1.80. The van der Waals surface area contributed by atoms with Crippen LogP contribution in [-0.2, 0) is 0 Å². The van der Waals surface area contributed by atoms with Gasteiger partial charge in [-0.25, -0.2) is 4.98 Å². The molecule has 0 saturated carbocycles. The van der Waals surface area contributed by atoms with E-state index in [0.29, 0.717) is 10.3 Å². The van der Waals surface area contributed by atoms with Gasteiger partial charge in [0.25, 0.3) is 0 Å². The zero-order valence-electron chi connectivity index (χ0n) is 7.67. The number of imidazole rings is 1. The van der Waals surface area contributed by atoms with Crippen LogP contribution in [0.5, 0.6) is 0 Å². The molecule has 0 aliphatic heterocycles. The molecule has 2 aromatic heterocycles. The van der Waals surface area contributed by atoms with Gasteiger partial charge in [0.05, 0.1) is 4.47 Å². The molecule has 0 aliphatic carbocycles. The van der Waals surface area contributed by atoms with Crippen LogP contribution in [0.25, 0.3) is 5.82 Å². The van der Waals surface area contributed by atoms with Crippen LogP contribution in [0.15, 0.2) is 33.7 Å². The minimum absolute atomic E-state index is 0.211. The van der Waals surface area contributed by atoms with Gasteiger partial charge in [-0.2, -0.15) is 0 Å². The molecular formula is C8H4Br2N4O2. The van der Waals surface area contributed by atoms with Crippen molar-refractivity contribution >= 4 is 37.7 Å². The van der Waals surface area contributed by atoms with Gasteiger partial charge in [0.1, 0.15) is 6.20 Å². The summed E-state index contributed by atoms with van der Waals surface area (Å²) in [5.74, 6) is 0.334. The first-order valence-electron chi connectivity index (χ1n) is 4.08. The molecular weight excluding hydrogens is 344 g/mol. The van der Waals surface area contributed by atoms with Crippen molar-refractivity contribution < 1.29 is 4.92 Å². The number of rotatable bonds is 2. The Bertz CT molecular complexity index is 555. The lowest BCUT2D eigenvalue weighted by Gasteiger charge is -2.02. The number of halogens is 2. The van der Waals surface area contributed by atoms with Gasteiger partial charge in [0.2, 0.25) is 6.33 Å². The van der Waals surface area contributed by atoms with Crippen molar-refractivity contribution in [2.24, 2.45) is 0 Å². The predicted octanol–water partition coefficient (Wildman–Crippen LogP) is 2.70. The lowest BCUT2D eigenvalue weighted by Crippen LogP contribution is -1.95. The second-order valence-corrected chi connectivity index (χ2v) is 4.63. The number of hydrogen-bond acceptors (Lipinski definition) is 4. The quantitative estimate of drug-likeness (QED) is 0.618. The highest BCUT2D eigenvalue weighted by Gasteiger charge is 2.13. The Kier molecular flexibility index (Phi) is 3.01. The molecule has 0 fully saturated rings. The highest BCUT2D eigenvalue weighted by Crippen LogP contribution is 2.23. The predicted molar refractivity (Wildman–Crippen MR) is 63.4 cm³/mol. The molecule has 0 atom stereocenters. The fourth-order valence-corrected chi connectivity index (χ4v) is 2.31. The first-order chi connectivity index (χ1) is 7.58. The maximum absolute atomic E-state index is 10.5. The van der Waals surface area contributed by atoms with E-state index in [2.05, 4.69) is 41.8 Å². The normalized spacial score (nSPS) is 10.4. The van der Waals surface area contributed by atoms with E-state index in [1.165, 1.54) is 17.1 Å². The third-order valence-corrected chi connectivity index (χ3v) is 2.81. The van der Waals surface area contributed by atoms with Crippen LogP contribution >= 0.6 is 31.9 Å². The van der Waals surface area contributed by atoms with E-state index in [4.69, 9.17) is 0 Å². The SMILES string of the molecule is O=[N+]([O-])c1cn(-c2ncc(Br)cc2Br)cn1. The minimum Gasteiger partial charge on any atom is -0.358 e. The highest BCUT2D eigenvalue weighted by atomic mass is 79.9. The van der Waals surface area contributed by atoms with E-state index in [9.17, 15) is 10.1 Å². The maximum Gasteiger partial charge on any atom is 0.381 e. The van der Waals surface area contributed by atoms with Crippen LogP contribution < -0.4 is 0 Å². The Morgan fingerprint density at radius 1 is 1.38 bits per heavy atom. The lowest BCUT2D eigenvalue weighted by molar-refractivity contribution is -0.389. The summed E-state index contributed by atoms with van der Waals surface area (Å²) >= 11 is 6.59. The molecule has 2 rings (SSSR count). The van der Waals surface area contributed by atoms with Crippen molar-refractivity contribution in [3.63, 3.8) is 0 Å². The Morgan fingerprint density at radius 2 is 2.12 bits per heavy atom. The Labute approximate surface area is 107 Å². The zero-order valence-corrected chi connectivity index (χ0v) is 10.8. The third kappa shape index (κ3) is 2.12. The van der Waals surface area contributed by atoms with Gasteiger partial charge in [0, 0.05) is 10.7 Å². The van der Waals surface area contributed by atoms with Gasteiger partial charge in [-0.15, -0.1) is 0 Å². The summed E-state index contributed by atoms with van der Waals surface area (Å²) < 4.78 is 3.01. The molecule has 2 aromatic rings. The third-order valence-electron chi connectivity index (χ3n) is 1.79. The average Bonchev–Trinajstić information content (AvgIpc) is 2.66. The molecule has 6 nitrogen and oxygen atoms in total. The molecule has 82 valence electrons. The van der Waals surface area contributed by atoms with Crippen molar-refractivity contribution in [3.05, 3.63) is 43.8 Å². The fourth-order valence-electron chi connectivity index (χ4n) is 1.12. The van der Waals surface area contributed by atoms with E-state index < -0.39 is 4.92 Å². The van der Waals surface area contributed by atoms with Crippen molar-refractivity contribution in [2.75, 3.05) is 0 Å². The Morgan fingerprint density at radius 3 is 2.69 bits per heavy atom. The molecule has 0 aromatic carbocycles. The second-order valence-electron chi connectivity index (χ2n) is 2.86. The van der Waals surface area contributed by atoms with Gasteiger partial charge in [-0.1, -0.05) is 0 Å². The molecule has 0 saturated heterocycles. The molecule has 0 unspecified atom stereocenters. The maximum atomic E-state index is 10.5. The van der Waals surface area contributed by atoms with Crippen LogP contribution in [0.3, 0.4) is 0 Å². The van der Waals surface area contributed by atoms with Gasteiger partial charge >= 0.3 is 5.82 Å². The van der Waals surface area contributed by atoms with Crippen molar-refractivity contribution in [1.29, 1.82) is 0 Å². The van der Waals surface area contributed by atoms with Gasteiger partial charge in [0.15, 0.2) is 5.82 Å². The smallest absolute Gasteiger partial charge is 0.358 e. The van der Waals surface area contributed by atoms with Crippen molar-refractivity contribution in [2.45, 2.75) is 0 Å². The summed E-state index contributed by atoms with van der Waals surface area (Å²) in [6.07, 6.45) is 4.26. The van der Waals surface area contributed by atoms with Crippen LogP contribution in [0, 0.1) is 10.1 Å². The molecule has 0 N–H and O–H groups in total. The zero-order chi connectivity index (χ0) is 11.7. The number of nitro groups is 1. The summed E-state index contributed by atoms with van der Waals surface area (Å²) in [4.78, 5) is 17.7. The standard InChI is InChI=1S/C8H4Br2N4O2/c9-5-1-6(10)8(11-2-5)13-3-7(12-4-13)14(15)16/h1-4H. The van der Waals surface area contributed by atoms with E-state index >= 15 is 0 Å². The lowest BCUT2D eigenvalue weighted by atomic mass is 10.4. The van der Waals surface area contributed by atoms with E-state index in [-0.39, 0.29) is 5.82 Å². The number of pyridine rings is 1. The molecule has 0 radical (unpaired) electrons. The van der Waals surface area contributed by atoms with Gasteiger partial charge in [-0.05, 0) is 47.8 Å². The average molecular weight is 348 g/mol. The second kappa shape index (κ2) is 4.30. The number of hydrogen-bond donors (Lipinski definition) is 0. The molecule has 0 amide bonds. The molecule has 2 heterocycles. The summed E-state index contributed by atoms with van der Waals surface area (Å²) in [5, 5.41) is 10.5. The first kappa shape index (κ1) is 11.2. The molecule has 0 bridgehead atoms.